The normalized spacial score (nSPS) is 9.12. The number of rotatable bonds is 5. The van der Waals surface area contributed by atoms with Crippen LogP contribution in [-0.4, -0.2) is 20.9 Å². The molecule has 8 heavy (non-hydrogen) atoms. The molecule has 0 aromatic heterocycles. The second-order valence-electron chi connectivity index (χ2n) is 1.72. The first kappa shape index (κ1) is 8.53. The molecule has 0 saturated heterocycles. The Morgan fingerprint density at radius 1 is 1.62 bits per heavy atom. The van der Waals surface area contributed by atoms with Crippen molar-refractivity contribution in [1.82, 2.24) is 0 Å². The topological polar surface area (TPSA) is 0 Å². The Labute approximate surface area is 62.4 Å². The van der Waals surface area contributed by atoms with Crippen LogP contribution in [0.4, 0.5) is 0 Å². The van der Waals surface area contributed by atoms with Gasteiger partial charge in [-0.15, -0.1) is 0 Å². The van der Waals surface area contributed by atoms with E-state index in [4.69, 9.17) is 0 Å². The van der Waals surface area contributed by atoms with Gasteiger partial charge >= 0.3 is 62.3 Å². The number of allylic oxidation sites excluding steroid dienone is 1. The second kappa shape index (κ2) is 7.53. The van der Waals surface area contributed by atoms with Gasteiger partial charge in [0.25, 0.3) is 0 Å². The Hall–Kier alpha value is 0.530. The SMILES string of the molecule is C=CC[Te]CCCC. The van der Waals surface area contributed by atoms with Crippen LogP contribution in [0.15, 0.2) is 12.7 Å². The number of unbranched alkanes of at least 4 members (excludes halogenated alkanes) is 1. The van der Waals surface area contributed by atoms with Gasteiger partial charge in [-0.3, -0.25) is 0 Å². The van der Waals surface area contributed by atoms with Crippen LogP contribution in [0.3, 0.4) is 0 Å². The zero-order valence-electron chi connectivity index (χ0n) is 5.52. The van der Waals surface area contributed by atoms with Gasteiger partial charge in [0, 0.05) is 0 Å². The summed E-state index contributed by atoms with van der Waals surface area (Å²) in [7, 11) is 0. The first-order valence-corrected chi connectivity index (χ1v) is 6.40. The van der Waals surface area contributed by atoms with E-state index in [1.54, 1.807) is 0 Å². The quantitative estimate of drug-likeness (QED) is 0.383. The van der Waals surface area contributed by atoms with E-state index in [1.807, 2.05) is 0 Å². The van der Waals surface area contributed by atoms with E-state index in [1.165, 1.54) is 21.8 Å². The van der Waals surface area contributed by atoms with Crippen LogP contribution in [0.5, 0.6) is 0 Å². The van der Waals surface area contributed by atoms with E-state index in [-0.39, 0.29) is 0 Å². The third-order valence-corrected chi connectivity index (χ3v) is 3.87. The predicted molar refractivity (Wildman–Crippen MR) is 40.5 cm³/mol. The van der Waals surface area contributed by atoms with Gasteiger partial charge in [0.1, 0.15) is 0 Å². The van der Waals surface area contributed by atoms with Gasteiger partial charge in [-0.25, -0.2) is 0 Å². The molecule has 0 aliphatic carbocycles. The minimum atomic E-state index is 0.349. The van der Waals surface area contributed by atoms with Crippen LogP contribution in [0, 0.1) is 0 Å². The van der Waals surface area contributed by atoms with Gasteiger partial charge < -0.3 is 0 Å². The Morgan fingerprint density at radius 2 is 2.38 bits per heavy atom. The van der Waals surface area contributed by atoms with Gasteiger partial charge in [-0.1, -0.05) is 0 Å². The van der Waals surface area contributed by atoms with Crippen molar-refractivity contribution < 1.29 is 0 Å². The van der Waals surface area contributed by atoms with E-state index >= 15 is 0 Å². The summed E-state index contributed by atoms with van der Waals surface area (Å²) in [5, 5.41) is 0. The summed E-state index contributed by atoms with van der Waals surface area (Å²) >= 11 is 0.349. The van der Waals surface area contributed by atoms with Gasteiger partial charge in [0.2, 0.25) is 0 Å². The molecule has 0 spiro atoms. The van der Waals surface area contributed by atoms with Gasteiger partial charge in [-0.05, 0) is 0 Å². The summed E-state index contributed by atoms with van der Waals surface area (Å²) in [6.07, 6.45) is 4.86. The first-order valence-electron chi connectivity index (χ1n) is 3.10. The molecule has 0 N–H and O–H groups in total. The monoisotopic (exact) mass is 228 g/mol. The second-order valence-corrected chi connectivity index (χ2v) is 5.00. The van der Waals surface area contributed by atoms with E-state index in [0.717, 1.165) is 0 Å². The molecular weight excluding hydrogens is 212 g/mol. The molecule has 0 atom stereocenters. The average molecular weight is 226 g/mol. The summed E-state index contributed by atoms with van der Waals surface area (Å²) in [6.45, 7) is 5.94. The van der Waals surface area contributed by atoms with Gasteiger partial charge in [0.05, 0.1) is 0 Å². The Morgan fingerprint density at radius 3 is 2.88 bits per heavy atom. The molecule has 0 aromatic rings. The molecule has 0 aromatic carbocycles. The molecule has 0 aliphatic heterocycles. The fourth-order valence-electron chi connectivity index (χ4n) is 0.413. The summed E-state index contributed by atoms with van der Waals surface area (Å²) in [5.74, 6) is 0. The molecule has 0 heterocycles. The fraction of sp³-hybridized carbons (Fsp3) is 0.714. The molecule has 0 saturated carbocycles. The molecular formula is C7H14Te. The summed E-state index contributed by atoms with van der Waals surface area (Å²) in [5.41, 5.74) is 0. The van der Waals surface area contributed by atoms with Gasteiger partial charge in [0.15, 0.2) is 0 Å². The van der Waals surface area contributed by atoms with Crippen molar-refractivity contribution in [1.29, 1.82) is 0 Å². The van der Waals surface area contributed by atoms with E-state index in [0.29, 0.717) is 20.9 Å². The average Bonchev–Trinajstić information content (AvgIpc) is 1.81. The third kappa shape index (κ3) is 6.53. The molecule has 48 valence electrons. The van der Waals surface area contributed by atoms with E-state index in [2.05, 4.69) is 19.6 Å². The fourth-order valence-corrected chi connectivity index (χ4v) is 2.77. The standard InChI is InChI=1S/C7H14Te/c1-3-5-7-8-6-4-2/h4H,2-3,5-7H2,1H3. The summed E-state index contributed by atoms with van der Waals surface area (Å²) < 4.78 is 2.83. The van der Waals surface area contributed by atoms with E-state index in [9.17, 15) is 0 Å². The molecule has 0 amide bonds. The molecule has 0 bridgehead atoms. The number of hydrogen-bond acceptors (Lipinski definition) is 0. The van der Waals surface area contributed by atoms with Gasteiger partial charge in [-0.2, -0.15) is 0 Å². The van der Waals surface area contributed by atoms with Crippen molar-refractivity contribution in [3.63, 3.8) is 0 Å². The maximum atomic E-state index is 3.69. The van der Waals surface area contributed by atoms with Crippen molar-refractivity contribution >= 4 is 20.9 Å². The molecule has 0 aliphatic rings. The molecule has 0 nitrogen and oxygen atoms in total. The zero-order chi connectivity index (χ0) is 6.24. The molecule has 1 heteroatoms. The van der Waals surface area contributed by atoms with Crippen LogP contribution >= 0.6 is 0 Å². The van der Waals surface area contributed by atoms with Crippen LogP contribution in [0.25, 0.3) is 0 Å². The van der Waals surface area contributed by atoms with Crippen LogP contribution in [0.2, 0.25) is 8.94 Å². The van der Waals surface area contributed by atoms with Crippen LogP contribution in [0.1, 0.15) is 19.8 Å². The third-order valence-electron chi connectivity index (χ3n) is 0.878. The number of hydrogen-bond donors (Lipinski definition) is 0. The van der Waals surface area contributed by atoms with Crippen molar-refractivity contribution in [3.05, 3.63) is 12.7 Å². The Balaban J connectivity index is 2.62. The first-order chi connectivity index (χ1) is 3.91. The van der Waals surface area contributed by atoms with Crippen molar-refractivity contribution in [2.24, 2.45) is 0 Å². The molecule has 0 unspecified atom stereocenters. The molecule has 0 fully saturated rings. The van der Waals surface area contributed by atoms with Crippen molar-refractivity contribution in [2.45, 2.75) is 28.7 Å². The van der Waals surface area contributed by atoms with Crippen LogP contribution < -0.4 is 0 Å². The maximum absolute atomic E-state index is 3.69. The van der Waals surface area contributed by atoms with Crippen molar-refractivity contribution in [2.75, 3.05) is 0 Å². The van der Waals surface area contributed by atoms with E-state index < -0.39 is 0 Å². The predicted octanol–water partition coefficient (Wildman–Crippen LogP) is 2.51. The Bertz CT molecular complexity index is 50.3. The molecule has 0 radical (unpaired) electrons. The summed E-state index contributed by atoms with van der Waals surface area (Å²) in [6, 6.07) is 0. The minimum absolute atomic E-state index is 0.349. The zero-order valence-corrected chi connectivity index (χ0v) is 7.85. The van der Waals surface area contributed by atoms with Crippen molar-refractivity contribution in [3.8, 4) is 0 Å². The summed E-state index contributed by atoms with van der Waals surface area (Å²) in [4.78, 5) is 0. The molecule has 0 rings (SSSR count). The Kier molecular flexibility index (Phi) is 8.03. The van der Waals surface area contributed by atoms with Crippen LogP contribution in [-0.2, 0) is 0 Å².